The number of aliphatic hydroxyl groups is 1. The number of thiophene rings is 1. The third-order valence-electron chi connectivity index (χ3n) is 2.45. The Morgan fingerprint density at radius 3 is 2.65 bits per heavy atom. The standard InChI is InChI=1S/C11H16ClNO3S/c1-3-13(7-11(2,16)10(14)15)6-8-4-5-9(12)17-8/h4-5,16H,3,6-7H2,1-2H3,(H,14,15). The van der Waals surface area contributed by atoms with E-state index in [0.717, 1.165) is 4.88 Å². The molecule has 1 unspecified atom stereocenters. The van der Waals surface area contributed by atoms with Gasteiger partial charge in [0.05, 0.1) is 4.34 Å². The highest BCUT2D eigenvalue weighted by atomic mass is 35.5. The van der Waals surface area contributed by atoms with Crippen LogP contribution in [0.4, 0.5) is 0 Å². The van der Waals surface area contributed by atoms with Crippen molar-refractivity contribution in [1.82, 2.24) is 4.90 Å². The minimum Gasteiger partial charge on any atom is -0.479 e. The van der Waals surface area contributed by atoms with E-state index in [-0.39, 0.29) is 6.54 Å². The SMILES string of the molecule is CCN(Cc1ccc(Cl)s1)CC(C)(O)C(=O)O. The summed E-state index contributed by atoms with van der Waals surface area (Å²) in [4.78, 5) is 13.8. The summed E-state index contributed by atoms with van der Waals surface area (Å²) in [7, 11) is 0. The van der Waals surface area contributed by atoms with E-state index in [1.807, 2.05) is 24.0 Å². The van der Waals surface area contributed by atoms with Crippen LogP contribution in [0.1, 0.15) is 18.7 Å². The molecule has 0 amide bonds. The van der Waals surface area contributed by atoms with Gasteiger partial charge in [0.1, 0.15) is 0 Å². The summed E-state index contributed by atoms with van der Waals surface area (Å²) < 4.78 is 0.709. The van der Waals surface area contributed by atoms with Crippen molar-refractivity contribution in [2.45, 2.75) is 26.0 Å². The lowest BCUT2D eigenvalue weighted by Crippen LogP contribution is -2.46. The van der Waals surface area contributed by atoms with Gasteiger partial charge in [0, 0.05) is 18.0 Å². The highest BCUT2D eigenvalue weighted by molar-refractivity contribution is 7.16. The van der Waals surface area contributed by atoms with E-state index in [1.54, 1.807) is 0 Å². The molecule has 1 heterocycles. The average molecular weight is 278 g/mol. The second kappa shape index (κ2) is 5.82. The number of nitrogens with zero attached hydrogens (tertiary/aromatic N) is 1. The van der Waals surface area contributed by atoms with Crippen molar-refractivity contribution in [3.63, 3.8) is 0 Å². The molecule has 0 bridgehead atoms. The molecule has 1 aromatic rings. The highest BCUT2D eigenvalue weighted by Gasteiger charge is 2.31. The molecule has 1 rings (SSSR count). The van der Waals surface area contributed by atoms with E-state index in [9.17, 15) is 9.90 Å². The first-order valence-electron chi connectivity index (χ1n) is 5.27. The number of rotatable bonds is 6. The van der Waals surface area contributed by atoms with Gasteiger partial charge >= 0.3 is 5.97 Å². The van der Waals surface area contributed by atoms with Crippen LogP contribution in [0.15, 0.2) is 12.1 Å². The van der Waals surface area contributed by atoms with Crippen LogP contribution in [-0.4, -0.2) is 39.8 Å². The second-order valence-corrected chi connectivity index (χ2v) is 5.89. The molecule has 2 N–H and O–H groups in total. The molecule has 4 nitrogen and oxygen atoms in total. The third kappa shape index (κ3) is 4.27. The Bertz CT molecular complexity index is 392. The molecule has 0 aliphatic heterocycles. The summed E-state index contributed by atoms with van der Waals surface area (Å²) >= 11 is 7.29. The summed E-state index contributed by atoms with van der Waals surface area (Å²) in [6.07, 6.45) is 0. The van der Waals surface area contributed by atoms with Gasteiger partial charge in [0.25, 0.3) is 0 Å². The van der Waals surface area contributed by atoms with Crippen LogP contribution >= 0.6 is 22.9 Å². The van der Waals surface area contributed by atoms with E-state index in [4.69, 9.17) is 16.7 Å². The van der Waals surface area contributed by atoms with Crippen LogP contribution in [0, 0.1) is 0 Å². The summed E-state index contributed by atoms with van der Waals surface area (Å²) in [5, 5.41) is 18.6. The van der Waals surface area contributed by atoms with Gasteiger partial charge < -0.3 is 10.2 Å². The number of hydrogen-bond acceptors (Lipinski definition) is 4. The van der Waals surface area contributed by atoms with Crippen molar-refractivity contribution in [2.75, 3.05) is 13.1 Å². The number of aliphatic carboxylic acids is 1. The second-order valence-electron chi connectivity index (χ2n) is 4.09. The van der Waals surface area contributed by atoms with E-state index < -0.39 is 11.6 Å². The van der Waals surface area contributed by atoms with Gasteiger partial charge in [0.2, 0.25) is 0 Å². The number of likely N-dealkylation sites (N-methyl/N-ethyl adjacent to an activating group) is 1. The van der Waals surface area contributed by atoms with Crippen molar-refractivity contribution in [2.24, 2.45) is 0 Å². The molecule has 0 aliphatic carbocycles. The number of carbonyl (C=O) groups is 1. The molecular weight excluding hydrogens is 262 g/mol. The largest absolute Gasteiger partial charge is 0.479 e. The lowest BCUT2D eigenvalue weighted by molar-refractivity contribution is -0.158. The average Bonchev–Trinajstić information content (AvgIpc) is 2.62. The number of hydrogen-bond donors (Lipinski definition) is 2. The van der Waals surface area contributed by atoms with Crippen LogP contribution in [0.5, 0.6) is 0 Å². The molecule has 6 heteroatoms. The molecule has 17 heavy (non-hydrogen) atoms. The molecule has 0 aromatic carbocycles. The van der Waals surface area contributed by atoms with E-state index in [0.29, 0.717) is 17.4 Å². The van der Waals surface area contributed by atoms with Gasteiger partial charge in [-0.2, -0.15) is 0 Å². The summed E-state index contributed by atoms with van der Waals surface area (Å²) in [6, 6.07) is 3.72. The Balaban J connectivity index is 2.63. The number of carboxylic acids is 1. The molecule has 0 spiro atoms. The van der Waals surface area contributed by atoms with Crippen LogP contribution in [-0.2, 0) is 11.3 Å². The number of halogens is 1. The fourth-order valence-corrected chi connectivity index (χ4v) is 2.57. The fraction of sp³-hybridized carbons (Fsp3) is 0.545. The quantitative estimate of drug-likeness (QED) is 0.836. The van der Waals surface area contributed by atoms with Gasteiger partial charge in [-0.1, -0.05) is 18.5 Å². The molecule has 0 fully saturated rings. The molecule has 0 radical (unpaired) electrons. The van der Waals surface area contributed by atoms with Gasteiger partial charge in [-0.05, 0) is 25.6 Å². The minimum atomic E-state index is -1.73. The van der Waals surface area contributed by atoms with Crippen molar-refractivity contribution < 1.29 is 15.0 Å². The molecule has 0 saturated heterocycles. The van der Waals surface area contributed by atoms with Crippen LogP contribution in [0.2, 0.25) is 4.34 Å². The molecule has 1 atom stereocenters. The van der Waals surface area contributed by atoms with E-state index in [2.05, 4.69) is 0 Å². The van der Waals surface area contributed by atoms with Crippen LogP contribution in [0.3, 0.4) is 0 Å². The predicted octanol–water partition coefficient (Wildman–Crippen LogP) is 2.06. The minimum absolute atomic E-state index is 0.0916. The lowest BCUT2D eigenvalue weighted by atomic mass is 10.1. The highest BCUT2D eigenvalue weighted by Crippen LogP contribution is 2.23. The zero-order valence-electron chi connectivity index (χ0n) is 9.81. The summed E-state index contributed by atoms with van der Waals surface area (Å²) in [6.45, 7) is 4.58. The van der Waals surface area contributed by atoms with Crippen molar-refractivity contribution in [1.29, 1.82) is 0 Å². The fourth-order valence-electron chi connectivity index (χ4n) is 1.44. The Labute approximate surface area is 109 Å². The van der Waals surface area contributed by atoms with Crippen LogP contribution < -0.4 is 0 Å². The summed E-state index contributed by atoms with van der Waals surface area (Å²) in [5.74, 6) is -1.21. The summed E-state index contributed by atoms with van der Waals surface area (Å²) in [5.41, 5.74) is -1.73. The monoisotopic (exact) mass is 277 g/mol. The zero-order chi connectivity index (χ0) is 13.1. The Morgan fingerprint density at radius 2 is 2.24 bits per heavy atom. The first-order chi connectivity index (χ1) is 7.85. The zero-order valence-corrected chi connectivity index (χ0v) is 11.4. The first kappa shape index (κ1) is 14.4. The topological polar surface area (TPSA) is 60.8 Å². The first-order valence-corrected chi connectivity index (χ1v) is 6.47. The van der Waals surface area contributed by atoms with E-state index in [1.165, 1.54) is 18.3 Å². The lowest BCUT2D eigenvalue weighted by Gasteiger charge is -2.27. The van der Waals surface area contributed by atoms with Gasteiger partial charge in [-0.25, -0.2) is 4.79 Å². The van der Waals surface area contributed by atoms with Crippen molar-refractivity contribution in [3.05, 3.63) is 21.3 Å². The predicted molar refractivity (Wildman–Crippen MR) is 68.5 cm³/mol. The maximum atomic E-state index is 10.8. The molecule has 1 aromatic heterocycles. The maximum absolute atomic E-state index is 10.8. The Kier molecular flexibility index (Phi) is 4.94. The normalized spacial score (nSPS) is 14.9. The molecule has 96 valence electrons. The van der Waals surface area contributed by atoms with E-state index >= 15 is 0 Å². The molecule has 0 saturated carbocycles. The van der Waals surface area contributed by atoms with Gasteiger partial charge in [-0.15, -0.1) is 11.3 Å². The molecule has 0 aliphatic rings. The Hall–Kier alpha value is -0.620. The van der Waals surface area contributed by atoms with Crippen molar-refractivity contribution in [3.8, 4) is 0 Å². The van der Waals surface area contributed by atoms with Crippen molar-refractivity contribution >= 4 is 28.9 Å². The molecular formula is C11H16ClNO3S. The van der Waals surface area contributed by atoms with Gasteiger partial charge in [0.15, 0.2) is 5.60 Å². The third-order valence-corrected chi connectivity index (χ3v) is 3.66. The Morgan fingerprint density at radius 1 is 1.59 bits per heavy atom. The smallest absolute Gasteiger partial charge is 0.336 e. The maximum Gasteiger partial charge on any atom is 0.336 e. The number of carboxylic acid groups (broad SMARTS) is 1. The van der Waals surface area contributed by atoms with Gasteiger partial charge in [-0.3, -0.25) is 4.90 Å². The van der Waals surface area contributed by atoms with Crippen LogP contribution in [0.25, 0.3) is 0 Å².